The molecule has 0 unspecified atom stereocenters. The van der Waals surface area contributed by atoms with Crippen molar-refractivity contribution in [2.45, 2.75) is 6.11 Å². The minimum atomic E-state index is -4.48. The van der Waals surface area contributed by atoms with Crippen LogP contribution >= 0.6 is 22.6 Å². The lowest BCUT2D eigenvalue weighted by Crippen LogP contribution is -2.35. The molecule has 5 nitrogen and oxygen atoms in total. The average Bonchev–Trinajstić information content (AvgIpc) is 2.19. The van der Waals surface area contributed by atoms with E-state index >= 15 is 0 Å². The number of aliphatic carboxylic acids is 1. The molecule has 0 aliphatic carbocycles. The van der Waals surface area contributed by atoms with Gasteiger partial charge in [-0.1, -0.05) is 0 Å². The van der Waals surface area contributed by atoms with Crippen LogP contribution in [0, 0.1) is 3.57 Å². The maximum absolute atomic E-state index is 12.8. The highest BCUT2D eigenvalue weighted by Crippen LogP contribution is 2.27. The van der Waals surface area contributed by atoms with Gasteiger partial charge in [-0.2, -0.15) is 8.78 Å². The number of alkyl halides is 2. The Morgan fingerprint density at radius 2 is 1.88 bits per heavy atom. The SMILES string of the molecule is O=C(O)c1cc(I)ccc1OC(F)(F)C(=O)O. The van der Waals surface area contributed by atoms with E-state index in [0.29, 0.717) is 3.57 Å². The highest BCUT2D eigenvalue weighted by atomic mass is 127. The molecule has 0 spiro atoms. The molecule has 0 amide bonds. The molecule has 1 rings (SSSR count). The molecule has 8 heteroatoms. The lowest BCUT2D eigenvalue weighted by Gasteiger charge is -2.14. The van der Waals surface area contributed by atoms with Crippen LogP contribution in [0.4, 0.5) is 8.78 Å². The maximum atomic E-state index is 12.8. The molecule has 1 aromatic rings. The summed E-state index contributed by atoms with van der Waals surface area (Å²) in [5.74, 6) is -4.68. The van der Waals surface area contributed by atoms with Crippen molar-refractivity contribution in [3.63, 3.8) is 0 Å². The summed E-state index contributed by atoms with van der Waals surface area (Å²) in [5.41, 5.74) is -0.530. The Bertz CT molecular complexity index is 474. The Morgan fingerprint density at radius 1 is 1.29 bits per heavy atom. The first kappa shape index (κ1) is 13.6. The van der Waals surface area contributed by atoms with Gasteiger partial charge in [0.15, 0.2) is 0 Å². The Hall–Kier alpha value is -1.45. The van der Waals surface area contributed by atoms with Crippen LogP contribution in [0.3, 0.4) is 0 Å². The zero-order valence-corrected chi connectivity index (χ0v) is 10.1. The third-order valence-electron chi connectivity index (χ3n) is 1.66. The number of carboxylic acid groups (broad SMARTS) is 2. The van der Waals surface area contributed by atoms with E-state index in [2.05, 4.69) is 4.74 Å². The van der Waals surface area contributed by atoms with Crippen molar-refractivity contribution in [1.29, 1.82) is 0 Å². The minimum absolute atomic E-state index is 0.492. The smallest absolute Gasteiger partial charge is 0.478 e. The molecular formula is C9H5F2IO5. The van der Waals surface area contributed by atoms with Crippen LogP contribution in [-0.4, -0.2) is 28.3 Å². The van der Waals surface area contributed by atoms with E-state index in [4.69, 9.17) is 10.2 Å². The molecule has 2 N–H and O–H groups in total. The number of carbonyl (C=O) groups is 2. The van der Waals surface area contributed by atoms with Gasteiger partial charge in [0.2, 0.25) is 0 Å². The van der Waals surface area contributed by atoms with Crippen LogP contribution in [0.2, 0.25) is 0 Å². The second kappa shape index (κ2) is 4.82. The van der Waals surface area contributed by atoms with Crippen LogP contribution in [0.1, 0.15) is 10.4 Å². The van der Waals surface area contributed by atoms with Gasteiger partial charge in [-0.15, -0.1) is 0 Å². The van der Waals surface area contributed by atoms with E-state index in [1.807, 2.05) is 0 Å². The first-order valence-corrected chi connectivity index (χ1v) is 5.15. The molecule has 1 aromatic carbocycles. The second-order valence-electron chi connectivity index (χ2n) is 2.87. The minimum Gasteiger partial charge on any atom is -0.478 e. The van der Waals surface area contributed by atoms with E-state index in [-0.39, 0.29) is 0 Å². The number of ether oxygens (including phenoxy) is 1. The molecule has 0 fully saturated rings. The van der Waals surface area contributed by atoms with Crippen molar-refractivity contribution in [3.8, 4) is 5.75 Å². The third-order valence-corrected chi connectivity index (χ3v) is 2.33. The summed E-state index contributed by atoms with van der Waals surface area (Å²) in [6, 6.07) is 3.39. The quantitative estimate of drug-likeness (QED) is 0.805. The fraction of sp³-hybridized carbons (Fsp3) is 0.111. The van der Waals surface area contributed by atoms with E-state index in [1.54, 1.807) is 22.6 Å². The first-order valence-electron chi connectivity index (χ1n) is 4.07. The molecule has 0 aliphatic heterocycles. The van der Waals surface area contributed by atoms with Crippen LogP contribution in [0.5, 0.6) is 5.75 Å². The predicted molar refractivity (Wildman–Crippen MR) is 59.3 cm³/mol. The number of aromatic carboxylic acids is 1. The normalized spacial score (nSPS) is 11.0. The van der Waals surface area contributed by atoms with Crippen molar-refractivity contribution in [3.05, 3.63) is 27.3 Å². The van der Waals surface area contributed by atoms with Gasteiger partial charge in [0.1, 0.15) is 11.3 Å². The van der Waals surface area contributed by atoms with Gasteiger partial charge in [-0.25, -0.2) is 9.59 Å². The lowest BCUT2D eigenvalue weighted by molar-refractivity contribution is -0.211. The average molecular weight is 358 g/mol. The van der Waals surface area contributed by atoms with Gasteiger partial charge in [-0.3, -0.25) is 0 Å². The molecule has 0 bridgehead atoms. The van der Waals surface area contributed by atoms with Crippen LogP contribution in [0.15, 0.2) is 18.2 Å². The van der Waals surface area contributed by atoms with Crippen LogP contribution in [0.25, 0.3) is 0 Å². The van der Waals surface area contributed by atoms with Crippen LogP contribution < -0.4 is 4.74 Å². The van der Waals surface area contributed by atoms with Crippen molar-refractivity contribution in [2.24, 2.45) is 0 Å². The largest absolute Gasteiger partial charge is 0.501 e. The molecule has 0 radical (unpaired) electrons. The fourth-order valence-electron chi connectivity index (χ4n) is 0.940. The van der Waals surface area contributed by atoms with Crippen LogP contribution in [-0.2, 0) is 4.79 Å². The number of benzene rings is 1. The predicted octanol–water partition coefficient (Wildman–Crippen LogP) is 2.05. The molecule has 0 aliphatic rings. The van der Waals surface area contributed by atoms with Gasteiger partial charge in [0.25, 0.3) is 0 Å². The molecular weight excluding hydrogens is 353 g/mol. The van der Waals surface area contributed by atoms with Crippen molar-refractivity contribution in [2.75, 3.05) is 0 Å². The highest BCUT2D eigenvalue weighted by Gasteiger charge is 2.43. The summed E-state index contributed by atoms with van der Waals surface area (Å²) in [4.78, 5) is 20.9. The number of hydrogen-bond acceptors (Lipinski definition) is 3. The van der Waals surface area contributed by atoms with Gasteiger partial charge < -0.3 is 14.9 Å². The molecule has 0 heterocycles. The zero-order chi connectivity index (χ0) is 13.2. The fourth-order valence-corrected chi connectivity index (χ4v) is 1.43. The van der Waals surface area contributed by atoms with Crippen molar-refractivity contribution in [1.82, 2.24) is 0 Å². The zero-order valence-electron chi connectivity index (χ0n) is 7.99. The van der Waals surface area contributed by atoms with Gasteiger partial charge >= 0.3 is 18.0 Å². The molecule has 0 saturated carbocycles. The first-order chi connectivity index (χ1) is 7.74. The molecule has 92 valence electrons. The maximum Gasteiger partial charge on any atom is 0.501 e. The highest BCUT2D eigenvalue weighted by molar-refractivity contribution is 14.1. The summed E-state index contributed by atoms with van der Waals surface area (Å²) in [5, 5.41) is 16.9. The summed E-state index contributed by atoms with van der Waals surface area (Å²) >= 11 is 1.78. The molecule has 0 saturated heterocycles. The topological polar surface area (TPSA) is 83.8 Å². The Morgan fingerprint density at radius 3 is 2.35 bits per heavy atom. The molecule has 17 heavy (non-hydrogen) atoms. The molecule has 0 atom stereocenters. The summed E-state index contributed by atoms with van der Waals surface area (Å²) < 4.78 is 29.9. The lowest BCUT2D eigenvalue weighted by atomic mass is 10.2. The van der Waals surface area contributed by atoms with Gasteiger partial charge in [-0.05, 0) is 40.8 Å². The molecule has 0 aromatic heterocycles. The number of carboxylic acids is 2. The second-order valence-corrected chi connectivity index (χ2v) is 4.12. The van der Waals surface area contributed by atoms with Crippen molar-refractivity contribution < 1.29 is 33.3 Å². The summed E-state index contributed by atoms with van der Waals surface area (Å²) in [7, 11) is 0. The Balaban J connectivity index is 3.15. The summed E-state index contributed by atoms with van der Waals surface area (Å²) in [6.07, 6.45) is -4.48. The standard InChI is InChI=1S/C9H5F2IO5/c10-9(11,8(15)16)17-6-2-1-4(12)3-5(6)7(13)14/h1-3H,(H,13,14)(H,15,16). The Labute approximate surface area is 107 Å². The summed E-state index contributed by atoms with van der Waals surface area (Å²) in [6.45, 7) is 0. The number of halogens is 3. The monoisotopic (exact) mass is 358 g/mol. The van der Waals surface area contributed by atoms with E-state index < -0.39 is 29.4 Å². The number of hydrogen-bond donors (Lipinski definition) is 2. The van der Waals surface area contributed by atoms with E-state index in [9.17, 15) is 18.4 Å². The Kier molecular flexibility index (Phi) is 3.86. The van der Waals surface area contributed by atoms with E-state index in [1.165, 1.54) is 6.07 Å². The van der Waals surface area contributed by atoms with E-state index in [0.717, 1.165) is 12.1 Å². The number of rotatable bonds is 4. The van der Waals surface area contributed by atoms with Crippen molar-refractivity contribution >= 4 is 34.5 Å². The third kappa shape index (κ3) is 3.25. The van der Waals surface area contributed by atoms with Gasteiger partial charge in [0.05, 0.1) is 0 Å². The van der Waals surface area contributed by atoms with Gasteiger partial charge in [0, 0.05) is 3.57 Å².